The molecule has 1 unspecified atom stereocenters. The Morgan fingerprint density at radius 2 is 1.35 bits per heavy atom. The summed E-state index contributed by atoms with van der Waals surface area (Å²) in [4.78, 5) is 12.6. The van der Waals surface area contributed by atoms with E-state index in [9.17, 15) is 4.79 Å². The van der Waals surface area contributed by atoms with Gasteiger partial charge < -0.3 is 4.74 Å². The molecule has 2 rings (SSSR count). The van der Waals surface area contributed by atoms with E-state index in [-0.39, 0.29) is 12.2 Å². The fraction of sp³-hybridized carbons (Fsp3) is 0.350. The number of nitrogens with zero attached hydrogens (tertiary/aromatic N) is 1. The number of hydrogen-bond acceptors (Lipinski definition) is 2. The Balaban J connectivity index is 2.36. The molecule has 0 saturated heterocycles. The molecule has 1 atom stereocenters. The third-order valence-corrected chi connectivity index (χ3v) is 4.70. The molecular formula is C20H26NO2+. The molecule has 3 nitrogen and oxygen atoms in total. The van der Waals surface area contributed by atoms with Gasteiger partial charge in [0.25, 0.3) is 6.23 Å². The van der Waals surface area contributed by atoms with Gasteiger partial charge in [-0.05, 0) is 45.0 Å². The zero-order valence-electron chi connectivity index (χ0n) is 14.2. The minimum atomic E-state index is -0.288. The molecule has 0 radical (unpaired) electrons. The van der Waals surface area contributed by atoms with Gasteiger partial charge in [0, 0.05) is 0 Å². The van der Waals surface area contributed by atoms with Crippen molar-refractivity contribution in [1.29, 1.82) is 0 Å². The van der Waals surface area contributed by atoms with Crippen LogP contribution in [0.2, 0.25) is 0 Å². The number of esters is 1. The van der Waals surface area contributed by atoms with Gasteiger partial charge in [0.2, 0.25) is 0 Å². The third-order valence-electron chi connectivity index (χ3n) is 4.70. The van der Waals surface area contributed by atoms with E-state index in [1.165, 1.54) is 0 Å². The predicted molar refractivity (Wildman–Crippen MR) is 92.9 cm³/mol. The first-order valence-electron chi connectivity index (χ1n) is 8.33. The number of carbonyl (C=O) groups excluding carboxylic acids is 1. The largest absolute Gasteiger partial charge is 0.404 e. The van der Waals surface area contributed by atoms with Crippen LogP contribution in [0.3, 0.4) is 0 Å². The highest BCUT2D eigenvalue weighted by Crippen LogP contribution is 2.30. The van der Waals surface area contributed by atoms with Gasteiger partial charge in [0.15, 0.2) is 0 Å². The second-order valence-corrected chi connectivity index (χ2v) is 5.70. The molecule has 23 heavy (non-hydrogen) atoms. The molecule has 0 spiro atoms. The van der Waals surface area contributed by atoms with Crippen LogP contribution in [0.4, 0.5) is 0 Å². The van der Waals surface area contributed by atoms with Crippen molar-refractivity contribution in [3.63, 3.8) is 0 Å². The summed E-state index contributed by atoms with van der Waals surface area (Å²) in [6.45, 7) is 9.19. The van der Waals surface area contributed by atoms with Crippen molar-refractivity contribution in [3.8, 4) is 0 Å². The van der Waals surface area contributed by atoms with Crippen LogP contribution in [-0.2, 0) is 4.74 Å². The molecule has 0 bridgehead atoms. The summed E-state index contributed by atoms with van der Waals surface area (Å²) in [6, 6.07) is 19.3. The number of quaternary nitrogens is 1. The SMILES string of the molecule is CC[N+](CC)(CC)C(OC(=O)c1ccccc1)c1ccccc1. The first-order chi connectivity index (χ1) is 11.2. The molecule has 3 heteroatoms. The van der Waals surface area contributed by atoms with Gasteiger partial charge in [-0.3, -0.25) is 4.48 Å². The minimum Gasteiger partial charge on any atom is -0.404 e. The Morgan fingerprint density at radius 1 is 0.870 bits per heavy atom. The summed E-state index contributed by atoms with van der Waals surface area (Å²) >= 11 is 0. The Morgan fingerprint density at radius 3 is 1.83 bits per heavy atom. The van der Waals surface area contributed by atoms with E-state index in [4.69, 9.17) is 4.74 Å². The van der Waals surface area contributed by atoms with E-state index < -0.39 is 0 Å². The van der Waals surface area contributed by atoms with Crippen molar-refractivity contribution in [2.24, 2.45) is 0 Å². The highest BCUT2D eigenvalue weighted by Gasteiger charge is 2.37. The van der Waals surface area contributed by atoms with Crippen LogP contribution in [0.15, 0.2) is 60.7 Å². The molecule has 2 aromatic carbocycles. The summed E-state index contributed by atoms with van der Waals surface area (Å²) in [5, 5.41) is 0. The summed E-state index contributed by atoms with van der Waals surface area (Å²) in [5.74, 6) is -0.266. The number of rotatable bonds is 7. The van der Waals surface area contributed by atoms with Crippen molar-refractivity contribution < 1.29 is 14.0 Å². The molecule has 0 aliphatic carbocycles. The van der Waals surface area contributed by atoms with Crippen molar-refractivity contribution in [2.45, 2.75) is 27.0 Å². The number of hydrogen-bond donors (Lipinski definition) is 0. The molecule has 0 fully saturated rings. The standard InChI is InChI=1S/C20H26NO2/c1-4-21(5-2,6-3)19(17-13-9-7-10-14-17)23-20(22)18-15-11-8-12-16-18/h7-16,19H,4-6H2,1-3H3/q+1. The molecule has 0 aliphatic rings. The fourth-order valence-electron chi connectivity index (χ4n) is 3.03. The maximum atomic E-state index is 12.6. The van der Waals surface area contributed by atoms with Gasteiger partial charge in [-0.1, -0.05) is 36.4 Å². The fourth-order valence-corrected chi connectivity index (χ4v) is 3.03. The zero-order chi connectivity index (χ0) is 16.7. The smallest absolute Gasteiger partial charge is 0.342 e. The topological polar surface area (TPSA) is 26.3 Å². The van der Waals surface area contributed by atoms with Crippen LogP contribution in [-0.4, -0.2) is 30.1 Å². The molecule has 2 aromatic rings. The summed E-state index contributed by atoms with van der Waals surface area (Å²) in [5.41, 5.74) is 1.64. The van der Waals surface area contributed by atoms with Crippen LogP contribution >= 0.6 is 0 Å². The monoisotopic (exact) mass is 312 g/mol. The van der Waals surface area contributed by atoms with Crippen LogP contribution in [0.5, 0.6) is 0 Å². The third kappa shape index (κ3) is 3.80. The van der Waals surface area contributed by atoms with Gasteiger partial charge in [-0.15, -0.1) is 0 Å². The van der Waals surface area contributed by atoms with Gasteiger partial charge in [-0.2, -0.15) is 0 Å². The molecule has 0 aliphatic heterocycles. The van der Waals surface area contributed by atoms with E-state index >= 15 is 0 Å². The van der Waals surface area contributed by atoms with Crippen molar-refractivity contribution in [2.75, 3.05) is 19.6 Å². The maximum absolute atomic E-state index is 12.6. The van der Waals surface area contributed by atoms with E-state index in [1.807, 2.05) is 48.5 Å². The lowest BCUT2D eigenvalue weighted by Crippen LogP contribution is -2.51. The average Bonchev–Trinajstić information content (AvgIpc) is 2.64. The van der Waals surface area contributed by atoms with Crippen molar-refractivity contribution >= 4 is 5.97 Å². The molecule has 0 N–H and O–H groups in total. The quantitative estimate of drug-likeness (QED) is 0.430. The maximum Gasteiger partial charge on any atom is 0.342 e. The molecule has 0 saturated carbocycles. The highest BCUT2D eigenvalue weighted by molar-refractivity contribution is 5.89. The molecule has 122 valence electrons. The Bertz CT molecular complexity index is 598. The first-order valence-corrected chi connectivity index (χ1v) is 8.33. The second kappa shape index (κ2) is 7.93. The minimum absolute atomic E-state index is 0.266. The zero-order valence-corrected chi connectivity index (χ0v) is 14.2. The van der Waals surface area contributed by atoms with Gasteiger partial charge in [-0.25, -0.2) is 4.79 Å². The van der Waals surface area contributed by atoms with Gasteiger partial charge in [0.05, 0.1) is 30.8 Å². The highest BCUT2D eigenvalue weighted by atomic mass is 16.6. The van der Waals surface area contributed by atoms with Crippen molar-refractivity contribution in [3.05, 3.63) is 71.8 Å². The lowest BCUT2D eigenvalue weighted by Gasteiger charge is -2.41. The first kappa shape index (κ1) is 17.2. The second-order valence-electron chi connectivity index (χ2n) is 5.70. The molecule has 0 heterocycles. The van der Waals surface area contributed by atoms with E-state index in [2.05, 4.69) is 20.8 Å². The Kier molecular flexibility index (Phi) is 5.94. The number of benzene rings is 2. The summed E-state index contributed by atoms with van der Waals surface area (Å²) < 4.78 is 6.72. The number of ether oxygens (including phenoxy) is 1. The Hall–Kier alpha value is -2.13. The van der Waals surface area contributed by atoms with Gasteiger partial charge in [0.1, 0.15) is 0 Å². The van der Waals surface area contributed by atoms with Crippen LogP contribution in [0.25, 0.3) is 0 Å². The normalized spacial score (nSPS) is 12.7. The average molecular weight is 312 g/mol. The van der Waals surface area contributed by atoms with Crippen LogP contribution < -0.4 is 0 Å². The molecular weight excluding hydrogens is 286 g/mol. The Labute approximate surface area is 139 Å². The van der Waals surface area contributed by atoms with Crippen LogP contribution in [0, 0.1) is 0 Å². The summed E-state index contributed by atoms with van der Waals surface area (Å²) in [6.07, 6.45) is -0.288. The van der Waals surface area contributed by atoms with Crippen LogP contribution in [0.1, 0.15) is 42.9 Å². The van der Waals surface area contributed by atoms with E-state index in [1.54, 1.807) is 12.1 Å². The molecule has 0 aromatic heterocycles. The predicted octanol–water partition coefficient (Wildman–Crippen LogP) is 4.42. The van der Waals surface area contributed by atoms with Gasteiger partial charge >= 0.3 is 5.97 Å². The molecule has 0 amide bonds. The number of carbonyl (C=O) groups is 1. The van der Waals surface area contributed by atoms with E-state index in [0.717, 1.165) is 29.7 Å². The lowest BCUT2D eigenvalue weighted by atomic mass is 10.1. The van der Waals surface area contributed by atoms with Crippen molar-refractivity contribution in [1.82, 2.24) is 0 Å². The van der Waals surface area contributed by atoms with E-state index in [0.29, 0.717) is 5.56 Å². The lowest BCUT2D eigenvalue weighted by molar-refractivity contribution is -0.971. The summed E-state index contributed by atoms with van der Waals surface area (Å²) in [7, 11) is 0.